The Kier molecular flexibility index (Phi) is 3.98. The Morgan fingerprint density at radius 1 is 1.39 bits per heavy atom. The lowest BCUT2D eigenvalue weighted by Gasteiger charge is -2.45. The molecule has 1 atom stereocenters. The first-order chi connectivity index (χ1) is 8.14. The zero-order valence-corrected chi connectivity index (χ0v) is 12.5. The van der Waals surface area contributed by atoms with E-state index in [0.29, 0.717) is 18.6 Å². The molecule has 0 radical (unpaired) electrons. The Hall–Kier alpha value is -0.810. The molecule has 0 heterocycles. The van der Waals surface area contributed by atoms with Crippen LogP contribution in [-0.2, 0) is 14.9 Å². The largest absolute Gasteiger partial charge is 0.500 e. The molecule has 0 saturated carbocycles. The minimum absolute atomic E-state index is 0.357. The third-order valence-electron chi connectivity index (χ3n) is 3.87. The number of rotatable bonds is 4. The quantitative estimate of drug-likeness (QED) is 0.801. The molecule has 1 aliphatic carbocycles. The predicted molar refractivity (Wildman–Crippen MR) is 71.8 cm³/mol. The highest BCUT2D eigenvalue weighted by Crippen LogP contribution is 2.50. The van der Waals surface area contributed by atoms with E-state index in [1.807, 2.05) is 13.8 Å². The van der Waals surface area contributed by atoms with Crippen molar-refractivity contribution in [2.75, 3.05) is 7.11 Å². The first kappa shape index (κ1) is 15.2. The Morgan fingerprint density at radius 3 is 2.33 bits per heavy atom. The van der Waals surface area contributed by atoms with E-state index in [9.17, 15) is 13.0 Å². The molecular formula is C13H22O4S. The molecular weight excluding hydrogens is 252 g/mol. The van der Waals surface area contributed by atoms with Gasteiger partial charge in [0.15, 0.2) is 0 Å². The Labute approximate surface area is 109 Å². The van der Waals surface area contributed by atoms with Crippen molar-refractivity contribution in [2.45, 2.75) is 45.3 Å². The summed E-state index contributed by atoms with van der Waals surface area (Å²) in [7, 11) is -2.70. The maximum atomic E-state index is 11.9. The van der Waals surface area contributed by atoms with E-state index in [0.717, 1.165) is 5.57 Å². The van der Waals surface area contributed by atoms with Gasteiger partial charge in [0.2, 0.25) is 0 Å². The third-order valence-corrected chi connectivity index (χ3v) is 5.64. The third kappa shape index (κ3) is 1.99. The maximum absolute atomic E-state index is 11.9. The van der Waals surface area contributed by atoms with Gasteiger partial charge >= 0.3 is 0 Å². The molecule has 1 unspecified atom stereocenters. The lowest BCUT2D eigenvalue weighted by atomic mass is 9.70. The second-order valence-corrected chi connectivity index (χ2v) is 6.97. The van der Waals surface area contributed by atoms with Crippen molar-refractivity contribution >= 4 is 10.1 Å². The molecule has 0 saturated heterocycles. The van der Waals surface area contributed by atoms with E-state index in [2.05, 4.69) is 0 Å². The van der Waals surface area contributed by atoms with Crippen LogP contribution in [0.2, 0.25) is 0 Å². The molecule has 104 valence electrons. The predicted octanol–water partition coefficient (Wildman–Crippen LogP) is 2.93. The smallest absolute Gasteiger partial charge is 0.275 e. The molecule has 0 aromatic heterocycles. The van der Waals surface area contributed by atoms with Gasteiger partial charge < -0.3 is 4.74 Å². The summed E-state index contributed by atoms with van der Waals surface area (Å²) in [5.41, 5.74) is 0.0855. The zero-order chi connectivity index (χ0) is 14.2. The van der Waals surface area contributed by atoms with Gasteiger partial charge in [-0.25, -0.2) is 0 Å². The van der Waals surface area contributed by atoms with E-state index in [1.54, 1.807) is 26.0 Å². The van der Waals surface area contributed by atoms with Crippen molar-refractivity contribution in [1.82, 2.24) is 0 Å². The van der Waals surface area contributed by atoms with Crippen molar-refractivity contribution in [3.05, 3.63) is 23.5 Å². The number of methoxy groups -OCH3 is 1. The minimum Gasteiger partial charge on any atom is -0.500 e. The monoisotopic (exact) mass is 274 g/mol. The minimum atomic E-state index is -4.22. The summed E-state index contributed by atoms with van der Waals surface area (Å²) in [6.45, 7) is 7.36. The van der Waals surface area contributed by atoms with Crippen LogP contribution in [0.25, 0.3) is 0 Å². The molecule has 0 amide bonds. The van der Waals surface area contributed by atoms with Gasteiger partial charge in [-0.05, 0) is 18.9 Å². The molecule has 0 bridgehead atoms. The van der Waals surface area contributed by atoms with E-state index < -0.39 is 20.3 Å². The summed E-state index contributed by atoms with van der Waals surface area (Å²) in [6.07, 6.45) is 4.33. The topological polar surface area (TPSA) is 63.6 Å². The van der Waals surface area contributed by atoms with E-state index >= 15 is 0 Å². The summed E-state index contributed by atoms with van der Waals surface area (Å²) in [6, 6.07) is 0. The fraction of sp³-hybridized carbons (Fsp3) is 0.692. The van der Waals surface area contributed by atoms with Crippen molar-refractivity contribution in [1.29, 1.82) is 0 Å². The van der Waals surface area contributed by atoms with Crippen LogP contribution in [0.5, 0.6) is 0 Å². The van der Waals surface area contributed by atoms with E-state index in [4.69, 9.17) is 4.74 Å². The number of ether oxygens (including phenoxy) is 1. The SMILES string of the molecule is CCCC1(S(=O)(=O)O)C=CC(C)=C(OC)C1(C)C. The number of hydrogen-bond acceptors (Lipinski definition) is 3. The van der Waals surface area contributed by atoms with Crippen LogP contribution in [0.3, 0.4) is 0 Å². The van der Waals surface area contributed by atoms with Crippen LogP contribution in [0.15, 0.2) is 23.5 Å². The van der Waals surface area contributed by atoms with Gasteiger partial charge in [0, 0.05) is 5.41 Å². The standard InChI is InChI=1S/C13H22O4S/c1-6-8-13(18(14,15)16)9-7-10(2)11(17-5)12(13,3)4/h7,9H,6,8H2,1-5H3,(H,14,15,16). The van der Waals surface area contributed by atoms with Gasteiger partial charge in [-0.2, -0.15) is 8.42 Å². The van der Waals surface area contributed by atoms with Gasteiger partial charge in [0.05, 0.1) is 7.11 Å². The van der Waals surface area contributed by atoms with Gasteiger partial charge in [0.25, 0.3) is 10.1 Å². The summed E-state index contributed by atoms with van der Waals surface area (Å²) >= 11 is 0. The molecule has 4 nitrogen and oxygen atoms in total. The molecule has 0 fully saturated rings. The zero-order valence-electron chi connectivity index (χ0n) is 11.6. The summed E-state index contributed by atoms with van der Waals surface area (Å²) in [4.78, 5) is 0. The normalized spacial score (nSPS) is 27.4. The number of allylic oxidation sites excluding steroid dienone is 3. The van der Waals surface area contributed by atoms with E-state index in [1.165, 1.54) is 7.11 Å². The molecule has 0 spiro atoms. The van der Waals surface area contributed by atoms with Crippen molar-refractivity contribution in [3.8, 4) is 0 Å². The van der Waals surface area contributed by atoms with E-state index in [-0.39, 0.29) is 0 Å². The van der Waals surface area contributed by atoms with Crippen molar-refractivity contribution in [3.63, 3.8) is 0 Å². The summed E-state index contributed by atoms with van der Waals surface area (Å²) in [5.74, 6) is 0.607. The Morgan fingerprint density at radius 2 is 1.94 bits per heavy atom. The Balaban J connectivity index is 3.55. The highest BCUT2D eigenvalue weighted by molar-refractivity contribution is 7.87. The average Bonchev–Trinajstić information content (AvgIpc) is 2.21. The van der Waals surface area contributed by atoms with Gasteiger partial charge in [-0.1, -0.05) is 39.3 Å². The van der Waals surface area contributed by atoms with Crippen LogP contribution in [0, 0.1) is 5.41 Å². The molecule has 1 rings (SSSR count). The van der Waals surface area contributed by atoms with Crippen LogP contribution < -0.4 is 0 Å². The average molecular weight is 274 g/mol. The number of hydrogen-bond donors (Lipinski definition) is 1. The van der Waals surface area contributed by atoms with Crippen LogP contribution in [-0.4, -0.2) is 24.8 Å². The van der Waals surface area contributed by atoms with Gasteiger partial charge in [0.1, 0.15) is 10.5 Å². The highest BCUT2D eigenvalue weighted by atomic mass is 32.2. The molecule has 5 heteroatoms. The Bertz CT molecular complexity index is 485. The van der Waals surface area contributed by atoms with Crippen LogP contribution >= 0.6 is 0 Å². The lowest BCUT2D eigenvalue weighted by Crippen LogP contribution is -2.52. The first-order valence-electron chi connectivity index (χ1n) is 6.05. The molecule has 0 aromatic carbocycles. The second-order valence-electron chi connectivity index (χ2n) is 5.29. The second kappa shape index (κ2) is 4.70. The molecule has 1 aliphatic rings. The molecule has 1 N–H and O–H groups in total. The highest BCUT2D eigenvalue weighted by Gasteiger charge is 2.56. The van der Waals surface area contributed by atoms with Crippen LogP contribution in [0.1, 0.15) is 40.5 Å². The summed E-state index contributed by atoms with van der Waals surface area (Å²) in [5, 5.41) is 0. The van der Waals surface area contributed by atoms with Gasteiger partial charge in [-0.15, -0.1) is 0 Å². The maximum Gasteiger partial charge on any atom is 0.275 e. The molecule has 0 aliphatic heterocycles. The van der Waals surface area contributed by atoms with Gasteiger partial charge in [-0.3, -0.25) is 4.55 Å². The lowest BCUT2D eigenvalue weighted by molar-refractivity contribution is 0.152. The molecule has 18 heavy (non-hydrogen) atoms. The first-order valence-corrected chi connectivity index (χ1v) is 7.49. The van der Waals surface area contributed by atoms with Crippen molar-refractivity contribution in [2.24, 2.45) is 5.41 Å². The fourth-order valence-corrected chi connectivity index (χ4v) is 4.39. The van der Waals surface area contributed by atoms with Crippen LogP contribution in [0.4, 0.5) is 0 Å². The fourth-order valence-electron chi connectivity index (χ4n) is 2.95. The van der Waals surface area contributed by atoms with Crippen molar-refractivity contribution < 1.29 is 17.7 Å². The molecule has 0 aromatic rings. The summed E-state index contributed by atoms with van der Waals surface area (Å²) < 4.78 is 37.6.